The van der Waals surface area contributed by atoms with Crippen molar-refractivity contribution in [3.8, 4) is 28.3 Å². The lowest BCUT2D eigenvalue weighted by molar-refractivity contribution is 0.107. The summed E-state index contributed by atoms with van der Waals surface area (Å²) in [6.07, 6.45) is 2.91. The van der Waals surface area contributed by atoms with Gasteiger partial charge in [0.15, 0.2) is 5.82 Å². The van der Waals surface area contributed by atoms with E-state index in [0.29, 0.717) is 28.8 Å². The van der Waals surface area contributed by atoms with Gasteiger partial charge in [0.1, 0.15) is 11.9 Å². The molecule has 2 unspecified atom stereocenters. The summed E-state index contributed by atoms with van der Waals surface area (Å²) < 4.78 is 15.1. The van der Waals surface area contributed by atoms with Crippen molar-refractivity contribution in [1.82, 2.24) is 25.7 Å². The first kappa shape index (κ1) is 20.8. The SMILES string of the molecule is Cc1ccc(-c2ccc(-c3ccc(N(C)[C@H]4CC5CCCC(N5)[C@H]4F)nn3)c(O)c2)nn1. The first-order valence-electron chi connectivity index (χ1n) is 11.1. The number of fused-ring (bicyclic) bond motifs is 2. The van der Waals surface area contributed by atoms with Crippen LogP contribution in [0.3, 0.4) is 0 Å². The van der Waals surface area contributed by atoms with Crippen LogP contribution in [0.1, 0.15) is 31.4 Å². The fourth-order valence-electron chi connectivity index (χ4n) is 4.84. The van der Waals surface area contributed by atoms with Gasteiger partial charge in [0.25, 0.3) is 0 Å². The molecule has 166 valence electrons. The quantitative estimate of drug-likeness (QED) is 0.648. The summed E-state index contributed by atoms with van der Waals surface area (Å²) in [7, 11) is 1.89. The van der Waals surface area contributed by atoms with E-state index in [-0.39, 0.29) is 17.8 Å². The van der Waals surface area contributed by atoms with E-state index < -0.39 is 6.17 Å². The Bertz CT molecular complexity index is 1090. The van der Waals surface area contributed by atoms with E-state index in [1.807, 2.05) is 49.2 Å². The highest BCUT2D eigenvalue weighted by Crippen LogP contribution is 2.34. The van der Waals surface area contributed by atoms with Crippen molar-refractivity contribution in [1.29, 1.82) is 0 Å². The lowest BCUT2D eigenvalue weighted by atomic mass is 9.82. The second-order valence-corrected chi connectivity index (χ2v) is 8.83. The van der Waals surface area contributed by atoms with Gasteiger partial charge in [-0.2, -0.15) is 10.2 Å². The van der Waals surface area contributed by atoms with Crippen LogP contribution in [-0.2, 0) is 0 Å². The van der Waals surface area contributed by atoms with Crippen molar-refractivity contribution in [2.45, 2.75) is 56.9 Å². The maximum absolute atomic E-state index is 15.1. The standard InChI is InChI=1S/C24H27FN6O/c1-14-6-9-18(28-27-14)15-7-8-17(22(32)12-15)19-10-11-23(30-29-19)31(2)21-13-16-4-3-5-20(26-16)24(21)25/h6-12,16,20-21,24,26,32H,3-5,13H2,1-2H3/t16?,20?,21-,24+/m0/s1. The maximum atomic E-state index is 15.1. The molecule has 0 amide bonds. The molecular weight excluding hydrogens is 407 g/mol. The first-order valence-corrected chi connectivity index (χ1v) is 11.1. The molecule has 7 nitrogen and oxygen atoms in total. The minimum Gasteiger partial charge on any atom is -0.507 e. The summed E-state index contributed by atoms with van der Waals surface area (Å²) in [6.45, 7) is 1.88. The number of aromatic nitrogens is 4. The van der Waals surface area contributed by atoms with Gasteiger partial charge in [-0.15, -0.1) is 10.2 Å². The highest BCUT2D eigenvalue weighted by atomic mass is 19.1. The molecule has 4 atom stereocenters. The molecular formula is C24H27FN6O. The molecule has 3 aromatic rings. The van der Waals surface area contributed by atoms with E-state index >= 15 is 4.39 Å². The summed E-state index contributed by atoms with van der Waals surface area (Å²) in [4.78, 5) is 1.91. The van der Waals surface area contributed by atoms with Crippen LogP contribution >= 0.6 is 0 Å². The number of anilines is 1. The number of nitrogens with zero attached hydrogens (tertiary/aromatic N) is 5. The van der Waals surface area contributed by atoms with Crippen LogP contribution in [0.25, 0.3) is 22.5 Å². The molecule has 0 spiro atoms. The van der Waals surface area contributed by atoms with Crippen molar-refractivity contribution in [3.05, 3.63) is 48.2 Å². The van der Waals surface area contributed by atoms with Crippen LogP contribution < -0.4 is 10.2 Å². The number of rotatable bonds is 4. The number of benzene rings is 1. The second kappa shape index (κ2) is 8.43. The van der Waals surface area contributed by atoms with E-state index in [4.69, 9.17) is 0 Å². The Balaban J connectivity index is 1.35. The van der Waals surface area contributed by atoms with Gasteiger partial charge in [0.2, 0.25) is 0 Å². The normalized spacial score (nSPS) is 24.8. The molecule has 5 rings (SSSR count). The second-order valence-electron chi connectivity index (χ2n) is 8.83. The Kier molecular flexibility index (Phi) is 5.46. The van der Waals surface area contributed by atoms with Crippen LogP contribution in [0.2, 0.25) is 0 Å². The molecule has 0 saturated carbocycles. The fraction of sp³-hybridized carbons (Fsp3) is 0.417. The van der Waals surface area contributed by atoms with Gasteiger partial charge in [-0.05, 0) is 62.6 Å². The van der Waals surface area contributed by atoms with Crippen LogP contribution in [-0.4, -0.2) is 56.8 Å². The number of alkyl halides is 1. The van der Waals surface area contributed by atoms with E-state index in [1.54, 1.807) is 12.1 Å². The molecule has 4 heterocycles. The summed E-state index contributed by atoms with van der Waals surface area (Å²) in [6, 6.07) is 12.8. The largest absolute Gasteiger partial charge is 0.507 e. The number of halogens is 1. The van der Waals surface area contributed by atoms with Gasteiger partial charge in [-0.1, -0.05) is 12.5 Å². The minimum absolute atomic E-state index is 0.0733. The number of aromatic hydroxyl groups is 1. The van der Waals surface area contributed by atoms with Gasteiger partial charge < -0.3 is 15.3 Å². The number of hydrogen-bond donors (Lipinski definition) is 2. The summed E-state index contributed by atoms with van der Waals surface area (Å²) >= 11 is 0. The Hall–Kier alpha value is -3.13. The summed E-state index contributed by atoms with van der Waals surface area (Å²) in [5.41, 5.74) is 3.43. The van der Waals surface area contributed by atoms with Crippen molar-refractivity contribution in [2.24, 2.45) is 0 Å². The monoisotopic (exact) mass is 434 g/mol. The molecule has 2 saturated heterocycles. The van der Waals surface area contributed by atoms with Crippen molar-refractivity contribution < 1.29 is 9.50 Å². The molecule has 0 radical (unpaired) electrons. The van der Waals surface area contributed by atoms with Crippen LogP contribution in [0.15, 0.2) is 42.5 Å². The molecule has 2 aromatic heterocycles. The van der Waals surface area contributed by atoms with Gasteiger partial charge >= 0.3 is 0 Å². The van der Waals surface area contributed by atoms with Crippen molar-refractivity contribution >= 4 is 5.82 Å². The van der Waals surface area contributed by atoms with Crippen molar-refractivity contribution in [2.75, 3.05) is 11.9 Å². The number of nitrogens with one attached hydrogen (secondary N) is 1. The lowest BCUT2D eigenvalue weighted by Crippen LogP contribution is -2.61. The molecule has 2 aliphatic rings. The van der Waals surface area contributed by atoms with Gasteiger partial charge in [0.05, 0.1) is 23.1 Å². The zero-order chi connectivity index (χ0) is 22.2. The Morgan fingerprint density at radius 1 is 1.00 bits per heavy atom. The van der Waals surface area contributed by atoms with E-state index in [2.05, 4.69) is 25.7 Å². The third-order valence-corrected chi connectivity index (χ3v) is 6.67. The zero-order valence-electron chi connectivity index (χ0n) is 18.2. The Labute approximate surface area is 186 Å². The average molecular weight is 435 g/mol. The van der Waals surface area contributed by atoms with Crippen LogP contribution in [0.5, 0.6) is 5.75 Å². The fourth-order valence-corrected chi connectivity index (χ4v) is 4.84. The van der Waals surface area contributed by atoms with Crippen LogP contribution in [0.4, 0.5) is 10.2 Å². The maximum Gasteiger partial charge on any atom is 0.151 e. The first-order chi connectivity index (χ1) is 15.5. The van der Waals surface area contributed by atoms with Gasteiger partial charge in [-0.3, -0.25) is 0 Å². The zero-order valence-corrected chi connectivity index (χ0v) is 18.2. The topological polar surface area (TPSA) is 87.1 Å². The van der Waals surface area contributed by atoms with E-state index in [1.165, 1.54) is 0 Å². The van der Waals surface area contributed by atoms with Gasteiger partial charge in [0, 0.05) is 30.3 Å². The molecule has 2 N–H and O–H groups in total. The number of piperidine rings is 2. The number of phenolic OH excluding ortho intramolecular Hbond substituents is 1. The third-order valence-electron chi connectivity index (χ3n) is 6.67. The van der Waals surface area contributed by atoms with Crippen molar-refractivity contribution in [3.63, 3.8) is 0 Å². The third kappa shape index (κ3) is 3.90. The molecule has 0 aliphatic carbocycles. The smallest absolute Gasteiger partial charge is 0.151 e. The minimum atomic E-state index is -0.931. The van der Waals surface area contributed by atoms with Gasteiger partial charge in [-0.25, -0.2) is 4.39 Å². The molecule has 2 fully saturated rings. The molecule has 2 bridgehead atoms. The lowest BCUT2D eigenvalue weighted by Gasteiger charge is -2.46. The molecule has 2 aliphatic heterocycles. The molecule has 8 heteroatoms. The number of phenols is 1. The van der Waals surface area contributed by atoms with E-state index in [0.717, 1.165) is 36.9 Å². The number of aryl methyl sites for hydroxylation is 1. The Morgan fingerprint density at radius 3 is 2.53 bits per heavy atom. The predicted molar refractivity (Wildman–Crippen MR) is 121 cm³/mol. The highest BCUT2D eigenvalue weighted by Gasteiger charge is 2.41. The van der Waals surface area contributed by atoms with Crippen LogP contribution in [0, 0.1) is 6.92 Å². The highest BCUT2D eigenvalue weighted by molar-refractivity contribution is 5.73. The summed E-state index contributed by atoms with van der Waals surface area (Å²) in [5, 5.41) is 30.9. The van der Waals surface area contributed by atoms with E-state index in [9.17, 15) is 5.11 Å². The molecule has 32 heavy (non-hydrogen) atoms. The summed E-state index contributed by atoms with van der Waals surface area (Å²) in [5.74, 6) is 0.725. The Morgan fingerprint density at radius 2 is 1.81 bits per heavy atom. The molecule has 1 aromatic carbocycles. The average Bonchev–Trinajstić information content (AvgIpc) is 2.82. The number of hydrogen-bond acceptors (Lipinski definition) is 7. The predicted octanol–water partition coefficient (Wildman–Crippen LogP) is 3.67.